The molecule has 88 valence electrons. The highest BCUT2D eigenvalue weighted by atomic mass is 16.5. The maximum atomic E-state index is 6.12. The molecule has 2 nitrogen and oxygen atoms in total. The normalized spacial score (nSPS) is 17.6. The number of hydrogen-bond donors (Lipinski definition) is 1. The van der Waals surface area contributed by atoms with Crippen LogP contribution in [0.15, 0.2) is 18.2 Å². The Labute approximate surface area is 97.8 Å². The van der Waals surface area contributed by atoms with E-state index in [1.165, 1.54) is 11.1 Å². The molecular formula is C14H21NO. The molecule has 0 amide bonds. The predicted octanol–water partition coefficient (Wildman–Crippen LogP) is 2.82. The van der Waals surface area contributed by atoms with Gasteiger partial charge < -0.3 is 10.5 Å². The third kappa shape index (κ3) is 2.76. The standard InChI is InChI=1S/C14H21NO/c1-10(2)16-13-5-4-12(8-11(13)3)9-14(15)6-7-14/h4-5,8,10H,6-7,9,15H2,1-3H3. The molecule has 0 spiro atoms. The topological polar surface area (TPSA) is 35.2 Å². The molecule has 1 fully saturated rings. The Bertz CT molecular complexity index is 380. The highest BCUT2D eigenvalue weighted by Crippen LogP contribution is 2.36. The molecule has 2 N–H and O–H groups in total. The monoisotopic (exact) mass is 219 g/mol. The van der Waals surface area contributed by atoms with Gasteiger partial charge in [0, 0.05) is 5.54 Å². The van der Waals surface area contributed by atoms with Gasteiger partial charge in [-0.2, -0.15) is 0 Å². The Morgan fingerprint density at radius 2 is 2.06 bits per heavy atom. The van der Waals surface area contributed by atoms with Gasteiger partial charge in [0.15, 0.2) is 0 Å². The van der Waals surface area contributed by atoms with Crippen LogP contribution < -0.4 is 10.5 Å². The Kier molecular flexibility index (Phi) is 2.94. The summed E-state index contributed by atoms with van der Waals surface area (Å²) in [7, 11) is 0. The van der Waals surface area contributed by atoms with Crippen molar-refractivity contribution in [3.8, 4) is 5.75 Å². The molecule has 0 aromatic heterocycles. The van der Waals surface area contributed by atoms with Crippen molar-refractivity contribution in [2.24, 2.45) is 5.73 Å². The van der Waals surface area contributed by atoms with Crippen molar-refractivity contribution in [1.29, 1.82) is 0 Å². The molecule has 0 aliphatic heterocycles. The van der Waals surface area contributed by atoms with Gasteiger partial charge in [0.25, 0.3) is 0 Å². The summed E-state index contributed by atoms with van der Waals surface area (Å²) in [6, 6.07) is 6.40. The van der Waals surface area contributed by atoms with E-state index in [9.17, 15) is 0 Å². The smallest absolute Gasteiger partial charge is 0.122 e. The minimum Gasteiger partial charge on any atom is -0.491 e. The van der Waals surface area contributed by atoms with Gasteiger partial charge in [-0.3, -0.25) is 0 Å². The van der Waals surface area contributed by atoms with Crippen LogP contribution in [0.3, 0.4) is 0 Å². The molecule has 1 aromatic carbocycles. The van der Waals surface area contributed by atoms with Gasteiger partial charge in [0.2, 0.25) is 0 Å². The molecule has 1 saturated carbocycles. The Morgan fingerprint density at radius 1 is 1.38 bits per heavy atom. The van der Waals surface area contributed by atoms with E-state index in [-0.39, 0.29) is 11.6 Å². The third-order valence-electron chi connectivity index (χ3n) is 3.05. The quantitative estimate of drug-likeness (QED) is 0.845. The molecule has 0 heterocycles. The summed E-state index contributed by atoms with van der Waals surface area (Å²) >= 11 is 0. The van der Waals surface area contributed by atoms with Gasteiger partial charge in [-0.05, 0) is 57.2 Å². The molecule has 1 aromatic rings. The molecule has 16 heavy (non-hydrogen) atoms. The maximum absolute atomic E-state index is 6.12. The Balaban J connectivity index is 2.09. The zero-order chi connectivity index (χ0) is 11.8. The van der Waals surface area contributed by atoms with E-state index in [4.69, 9.17) is 10.5 Å². The SMILES string of the molecule is Cc1cc(CC2(N)CC2)ccc1OC(C)C. The van der Waals surface area contributed by atoms with E-state index in [1.807, 2.05) is 13.8 Å². The Hall–Kier alpha value is -1.02. The third-order valence-corrected chi connectivity index (χ3v) is 3.05. The van der Waals surface area contributed by atoms with Crippen LogP contribution in [-0.2, 0) is 6.42 Å². The fourth-order valence-corrected chi connectivity index (χ4v) is 1.95. The van der Waals surface area contributed by atoms with Crippen molar-refractivity contribution < 1.29 is 4.74 Å². The fraction of sp³-hybridized carbons (Fsp3) is 0.571. The van der Waals surface area contributed by atoms with E-state index in [2.05, 4.69) is 25.1 Å². The number of hydrogen-bond acceptors (Lipinski definition) is 2. The predicted molar refractivity (Wildman–Crippen MR) is 66.8 cm³/mol. The van der Waals surface area contributed by atoms with E-state index >= 15 is 0 Å². The van der Waals surface area contributed by atoms with E-state index in [1.54, 1.807) is 0 Å². The van der Waals surface area contributed by atoms with Crippen LogP contribution in [-0.4, -0.2) is 11.6 Å². The molecule has 2 heteroatoms. The van der Waals surface area contributed by atoms with Crippen molar-refractivity contribution in [2.75, 3.05) is 0 Å². The molecule has 0 radical (unpaired) electrons. The fourth-order valence-electron chi connectivity index (χ4n) is 1.95. The first-order chi connectivity index (χ1) is 7.48. The van der Waals surface area contributed by atoms with Gasteiger partial charge in [-0.1, -0.05) is 12.1 Å². The van der Waals surface area contributed by atoms with Crippen LogP contribution in [0.5, 0.6) is 5.75 Å². The second kappa shape index (κ2) is 4.10. The summed E-state index contributed by atoms with van der Waals surface area (Å²) in [5.74, 6) is 0.987. The van der Waals surface area contributed by atoms with E-state index in [0.717, 1.165) is 25.0 Å². The van der Waals surface area contributed by atoms with Crippen LogP contribution in [0.1, 0.15) is 37.8 Å². The average Bonchev–Trinajstić information content (AvgIpc) is 2.88. The lowest BCUT2D eigenvalue weighted by Gasteiger charge is -2.14. The highest BCUT2D eigenvalue weighted by molar-refractivity contribution is 5.37. The first-order valence-corrected chi connectivity index (χ1v) is 6.04. The van der Waals surface area contributed by atoms with Crippen molar-refractivity contribution in [2.45, 2.75) is 51.7 Å². The number of nitrogens with two attached hydrogens (primary N) is 1. The zero-order valence-electron chi connectivity index (χ0n) is 10.4. The molecule has 1 aliphatic rings. The summed E-state index contributed by atoms with van der Waals surface area (Å²) in [6.07, 6.45) is 3.55. The number of aryl methyl sites for hydroxylation is 1. The van der Waals surface area contributed by atoms with Gasteiger partial charge in [0.05, 0.1) is 6.10 Å². The molecule has 0 atom stereocenters. The largest absolute Gasteiger partial charge is 0.491 e. The second-order valence-electron chi connectivity index (χ2n) is 5.31. The lowest BCUT2D eigenvalue weighted by molar-refractivity contribution is 0.240. The summed E-state index contributed by atoms with van der Waals surface area (Å²) in [5.41, 5.74) is 8.74. The molecule has 1 aliphatic carbocycles. The first kappa shape index (κ1) is 11.5. The minimum atomic E-state index is 0.0901. The first-order valence-electron chi connectivity index (χ1n) is 6.04. The minimum absolute atomic E-state index is 0.0901. The summed E-state index contributed by atoms with van der Waals surface area (Å²) in [4.78, 5) is 0. The Morgan fingerprint density at radius 3 is 2.56 bits per heavy atom. The maximum Gasteiger partial charge on any atom is 0.122 e. The van der Waals surface area contributed by atoms with Crippen molar-refractivity contribution in [1.82, 2.24) is 0 Å². The highest BCUT2D eigenvalue weighted by Gasteiger charge is 2.37. The number of ether oxygens (including phenoxy) is 1. The van der Waals surface area contributed by atoms with Crippen molar-refractivity contribution >= 4 is 0 Å². The average molecular weight is 219 g/mol. The van der Waals surface area contributed by atoms with E-state index < -0.39 is 0 Å². The van der Waals surface area contributed by atoms with Gasteiger partial charge in [0.1, 0.15) is 5.75 Å². The zero-order valence-corrected chi connectivity index (χ0v) is 10.4. The van der Waals surface area contributed by atoms with E-state index in [0.29, 0.717) is 0 Å². The van der Waals surface area contributed by atoms with Gasteiger partial charge >= 0.3 is 0 Å². The van der Waals surface area contributed by atoms with Crippen molar-refractivity contribution in [3.05, 3.63) is 29.3 Å². The molecule has 0 bridgehead atoms. The lowest BCUT2D eigenvalue weighted by Crippen LogP contribution is -2.24. The van der Waals surface area contributed by atoms with Gasteiger partial charge in [-0.25, -0.2) is 0 Å². The molecule has 2 rings (SSSR count). The summed E-state index contributed by atoms with van der Waals surface area (Å²) < 4.78 is 5.71. The van der Waals surface area contributed by atoms with Crippen LogP contribution in [0.2, 0.25) is 0 Å². The van der Waals surface area contributed by atoms with Crippen molar-refractivity contribution in [3.63, 3.8) is 0 Å². The molecular weight excluding hydrogens is 198 g/mol. The molecule has 0 unspecified atom stereocenters. The second-order valence-corrected chi connectivity index (χ2v) is 5.31. The lowest BCUT2D eigenvalue weighted by atomic mass is 10.0. The van der Waals surface area contributed by atoms with Crippen LogP contribution in [0.4, 0.5) is 0 Å². The molecule has 0 saturated heterocycles. The summed E-state index contributed by atoms with van der Waals surface area (Å²) in [5, 5.41) is 0. The van der Waals surface area contributed by atoms with Gasteiger partial charge in [-0.15, -0.1) is 0 Å². The van der Waals surface area contributed by atoms with Crippen LogP contribution >= 0.6 is 0 Å². The number of rotatable bonds is 4. The summed E-state index contributed by atoms with van der Waals surface area (Å²) in [6.45, 7) is 6.19. The number of benzene rings is 1. The van der Waals surface area contributed by atoms with Crippen LogP contribution in [0, 0.1) is 6.92 Å². The van der Waals surface area contributed by atoms with Crippen LogP contribution in [0.25, 0.3) is 0 Å².